The standard InChI is InChI=1S/C17H19N3O2/c21-16-8-7-13(12-18-16)17(22)19-14-5-4-6-15(11-14)20-9-2-1-3-10-20/h4-8,11-12H,1-3,9-10H2,(H,18,21)(H,19,22). The van der Waals surface area contributed by atoms with Gasteiger partial charge in [0.2, 0.25) is 5.56 Å². The summed E-state index contributed by atoms with van der Waals surface area (Å²) in [5, 5.41) is 2.87. The van der Waals surface area contributed by atoms with Gasteiger partial charge in [0.1, 0.15) is 0 Å². The minimum atomic E-state index is -0.230. The first-order chi connectivity index (χ1) is 10.7. The average molecular weight is 297 g/mol. The number of aromatic amines is 1. The molecule has 1 amide bonds. The van der Waals surface area contributed by atoms with Crippen LogP contribution in [0.4, 0.5) is 11.4 Å². The third-order valence-corrected chi connectivity index (χ3v) is 3.87. The summed E-state index contributed by atoms with van der Waals surface area (Å²) in [4.78, 5) is 28.0. The molecule has 114 valence electrons. The third kappa shape index (κ3) is 3.36. The van der Waals surface area contributed by atoms with Crippen LogP contribution in [0.15, 0.2) is 47.4 Å². The lowest BCUT2D eigenvalue weighted by Crippen LogP contribution is -2.29. The summed E-state index contributed by atoms with van der Waals surface area (Å²) in [6, 6.07) is 10.8. The van der Waals surface area contributed by atoms with Crippen LogP contribution < -0.4 is 15.8 Å². The number of carbonyl (C=O) groups excluding carboxylic acids is 1. The summed E-state index contributed by atoms with van der Waals surface area (Å²) in [6.07, 6.45) is 5.15. The number of piperidine rings is 1. The predicted molar refractivity (Wildman–Crippen MR) is 87.5 cm³/mol. The molecule has 0 unspecified atom stereocenters. The van der Waals surface area contributed by atoms with Gasteiger partial charge >= 0.3 is 0 Å². The van der Waals surface area contributed by atoms with Crippen LogP contribution in [0.5, 0.6) is 0 Å². The Kier molecular flexibility index (Phi) is 4.23. The molecule has 5 nitrogen and oxygen atoms in total. The fourth-order valence-electron chi connectivity index (χ4n) is 2.69. The number of benzene rings is 1. The van der Waals surface area contributed by atoms with Crippen molar-refractivity contribution >= 4 is 17.3 Å². The van der Waals surface area contributed by atoms with Crippen LogP contribution >= 0.6 is 0 Å². The maximum Gasteiger partial charge on any atom is 0.257 e. The highest BCUT2D eigenvalue weighted by molar-refractivity contribution is 6.04. The first kappa shape index (κ1) is 14.4. The van der Waals surface area contributed by atoms with Gasteiger partial charge in [0.05, 0.1) is 5.56 Å². The molecule has 0 atom stereocenters. The van der Waals surface area contributed by atoms with Gasteiger partial charge in [0.15, 0.2) is 0 Å². The maximum absolute atomic E-state index is 12.2. The lowest BCUT2D eigenvalue weighted by Gasteiger charge is -2.29. The van der Waals surface area contributed by atoms with Crippen LogP contribution in [0.1, 0.15) is 29.6 Å². The van der Waals surface area contributed by atoms with Gasteiger partial charge in [0.25, 0.3) is 5.91 Å². The van der Waals surface area contributed by atoms with Crippen molar-refractivity contribution in [3.05, 3.63) is 58.5 Å². The molecule has 0 aliphatic carbocycles. The number of amides is 1. The zero-order valence-corrected chi connectivity index (χ0v) is 12.3. The number of H-pyrrole nitrogens is 1. The summed E-state index contributed by atoms with van der Waals surface area (Å²) in [7, 11) is 0. The summed E-state index contributed by atoms with van der Waals surface area (Å²) in [5.41, 5.74) is 2.12. The van der Waals surface area contributed by atoms with E-state index in [0.29, 0.717) is 5.56 Å². The number of nitrogens with one attached hydrogen (secondary N) is 2. The van der Waals surface area contributed by atoms with Gasteiger partial charge in [-0.05, 0) is 43.5 Å². The highest BCUT2D eigenvalue weighted by atomic mass is 16.1. The van der Waals surface area contributed by atoms with Crippen molar-refractivity contribution in [3.8, 4) is 0 Å². The number of pyridine rings is 1. The Morgan fingerprint density at radius 1 is 1.09 bits per heavy atom. The number of hydrogen-bond acceptors (Lipinski definition) is 3. The summed E-state index contributed by atoms with van der Waals surface area (Å²) >= 11 is 0. The minimum Gasteiger partial charge on any atom is -0.371 e. The Labute approximate surface area is 129 Å². The van der Waals surface area contributed by atoms with Crippen molar-refractivity contribution in [2.45, 2.75) is 19.3 Å². The minimum absolute atomic E-state index is 0.219. The molecule has 2 N–H and O–H groups in total. The van der Waals surface area contributed by atoms with Crippen molar-refractivity contribution in [2.75, 3.05) is 23.3 Å². The Balaban J connectivity index is 1.73. The molecule has 5 heteroatoms. The van der Waals surface area contributed by atoms with Gasteiger partial charge < -0.3 is 15.2 Å². The highest BCUT2D eigenvalue weighted by Crippen LogP contribution is 2.23. The van der Waals surface area contributed by atoms with Crippen molar-refractivity contribution in [1.82, 2.24) is 4.98 Å². The van der Waals surface area contributed by atoms with E-state index in [0.717, 1.165) is 24.5 Å². The molecule has 0 saturated carbocycles. The van der Waals surface area contributed by atoms with E-state index in [4.69, 9.17) is 0 Å². The van der Waals surface area contributed by atoms with Crippen molar-refractivity contribution in [2.24, 2.45) is 0 Å². The van der Waals surface area contributed by atoms with Crippen LogP contribution in [0.2, 0.25) is 0 Å². The van der Waals surface area contributed by atoms with E-state index >= 15 is 0 Å². The van der Waals surface area contributed by atoms with Crippen molar-refractivity contribution < 1.29 is 4.79 Å². The Bertz CT molecular complexity index is 697. The van der Waals surface area contributed by atoms with Crippen LogP contribution in [0.25, 0.3) is 0 Å². The van der Waals surface area contributed by atoms with E-state index < -0.39 is 0 Å². The van der Waals surface area contributed by atoms with E-state index in [1.54, 1.807) is 0 Å². The van der Waals surface area contributed by atoms with Gasteiger partial charge in [0, 0.05) is 36.7 Å². The van der Waals surface area contributed by atoms with E-state index in [-0.39, 0.29) is 11.5 Å². The molecule has 1 fully saturated rings. The van der Waals surface area contributed by atoms with Gasteiger partial charge in [-0.2, -0.15) is 0 Å². The summed E-state index contributed by atoms with van der Waals surface area (Å²) in [6.45, 7) is 2.13. The molecule has 0 radical (unpaired) electrons. The van der Waals surface area contributed by atoms with Crippen LogP contribution in [-0.2, 0) is 0 Å². The van der Waals surface area contributed by atoms with E-state index in [9.17, 15) is 9.59 Å². The normalized spacial score (nSPS) is 14.6. The highest BCUT2D eigenvalue weighted by Gasteiger charge is 2.12. The van der Waals surface area contributed by atoms with Crippen molar-refractivity contribution in [1.29, 1.82) is 0 Å². The summed E-state index contributed by atoms with van der Waals surface area (Å²) in [5.74, 6) is -0.230. The van der Waals surface area contributed by atoms with Gasteiger partial charge in [-0.25, -0.2) is 0 Å². The summed E-state index contributed by atoms with van der Waals surface area (Å²) < 4.78 is 0. The quantitative estimate of drug-likeness (QED) is 0.915. The zero-order chi connectivity index (χ0) is 15.4. The molecule has 1 saturated heterocycles. The van der Waals surface area contributed by atoms with Crippen LogP contribution in [0.3, 0.4) is 0 Å². The first-order valence-corrected chi connectivity index (χ1v) is 7.57. The maximum atomic E-state index is 12.2. The number of anilines is 2. The molecule has 0 spiro atoms. The number of aromatic nitrogens is 1. The molecule has 1 aliphatic rings. The van der Waals surface area contributed by atoms with Crippen LogP contribution in [0, 0.1) is 0 Å². The number of rotatable bonds is 3. The first-order valence-electron chi connectivity index (χ1n) is 7.57. The fourth-order valence-corrected chi connectivity index (χ4v) is 2.69. The fraction of sp³-hybridized carbons (Fsp3) is 0.294. The van der Waals surface area contributed by atoms with Crippen molar-refractivity contribution in [3.63, 3.8) is 0 Å². The van der Waals surface area contributed by atoms with E-state index in [1.807, 2.05) is 18.2 Å². The molecule has 22 heavy (non-hydrogen) atoms. The zero-order valence-electron chi connectivity index (χ0n) is 12.3. The van der Waals surface area contributed by atoms with Gasteiger partial charge in [-0.1, -0.05) is 6.07 Å². The molecular weight excluding hydrogens is 278 g/mol. The monoisotopic (exact) mass is 297 g/mol. The number of nitrogens with zero attached hydrogens (tertiary/aromatic N) is 1. The lowest BCUT2D eigenvalue weighted by molar-refractivity contribution is 0.102. The second kappa shape index (κ2) is 6.47. The average Bonchev–Trinajstić information content (AvgIpc) is 2.56. The Hall–Kier alpha value is -2.56. The molecule has 1 aromatic heterocycles. The molecule has 0 bridgehead atoms. The molecule has 2 heterocycles. The van der Waals surface area contributed by atoms with Gasteiger partial charge in [-0.3, -0.25) is 9.59 Å². The lowest BCUT2D eigenvalue weighted by atomic mass is 10.1. The second-order valence-electron chi connectivity index (χ2n) is 5.49. The largest absolute Gasteiger partial charge is 0.371 e. The molecule has 2 aromatic rings. The number of carbonyl (C=O) groups is 1. The predicted octanol–water partition coefficient (Wildman–Crippen LogP) is 2.62. The SMILES string of the molecule is O=C(Nc1cccc(N2CCCCC2)c1)c1ccc(=O)[nH]c1. The van der Waals surface area contributed by atoms with Gasteiger partial charge in [-0.15, -0.1) is 0 Å². The Morgan fingerprint density at radius 2 is 1.91 bits per heavy atom. The molecule has 3 rings (SSSR count). The molecule has 1 aliphatic heterocycles. The van der Waals surface area contributed by atoms with Crippen LogP contribution in [-0.4, -0.2) is 24.0 Å². The van der Waals surface area contributed by atoms with E-state index in [2.05, 4.69) is 21.3 Å². The Morgan fingerprint density at radius 3 is 2.64 bits per heavy atom. The topological polar surface area (TPSA) is 65.2 Å². The number of hydrogen-bond donors (Lipinski definition) is 2. The second-order valence-corrected chi connectivity index (χ2v) is 5.49. The van der Waals surface area contributed by atoms with E-state index in [1.165, 1.54) is 37.6 Å². The third-order valence-electron chi connectivity index (χ3n) is 3.87. The smallest absolute Gasteiger partial charge is 0.257 e. The molecule has 1 aromatic carbocycles. The molecular formula is C17H19N3O2.